The molecule has 0 fully saturated rings. The van der Waals surface area contributed by atoms with E-state index in [1.54, 1.807) is 0 Å². The highest BCUT2D eigenvalue weighted by atomic mass is 19.1. The van der Waals surface area contributed by atoms with Crippen LogP contribution in [0.25, 0.3) is 0 Å². The van der Waals surface area contributed by atoms with E-state index in [1.807, 2.05) is 6.07 Å². The van der Waals surface area contributed by atoms with Crippen molar-refractivity contribution in [1.82, 2.24) is 0 Å². The number of carbonyl (C=O) groups is 1. The molecule has 0 N–H and O–H groups in total. The van der Waals surface area contributed by atoms with Crippen LogP contribution in [0.2, 0.25) is 0 Å². The minimum Gasteiger partial charge on any atom is -0.294 e. The molecule has 0 saturated carbocycles. The number of benzene rings is 1. The molecule has 1 aromatic rings. The zero-order chi connectivity index (χ0) is 9.42. The van der Waals surface area contributed by atoms with E-state index < -0.39 is 5.82 Å². The summed E-state index contributed by atoms with van der Waals surface area (Å²) in [5, 5.41) is 8.70. The molecule has 0 heterocycles. The number of halogens is 1. The number of nitriles is 1. The monoisotopic (exact) mass is 175 g/mol. The topological polar surface area (TPSA) is 40.9 Å². The number of hydrogen-bond donors (Lipinski definition) is 0. The molecule has 0 spiro atoms. The molecular weight excluding hydrogens is 169 g/mol. The third-order valence-corrected chi connectivity index (χ3v) is 2.24. The van der Waals surface area contributed by atoms with Gasteiger partial charge in [0, 0.05) is 12.0 Å². The summed E-state index contributed by atoms with van der Waals surface area (Å²) in [6, 6.07) is 6.03. The number of carbonyl (C=O) groups excluding carboxylic acids is 1. The molecule has 0 amide bonds. The summed E-state index contributed by atoms with van der Waals surface area (Å²) < 4.78 is 12.7. The Kier molecular flexibility index (Phi) is 1.63. The summed E-state index contributed by atoms with van der Waals surface area (Å²) in [6.07, 6.45) is 0.190. The molecule has 1 aliphatic rings. The average Bonchev–Trinajstić information content (AvgIpc) is 2.43. The Morgan fingerprint density at radius 1 is 1.54 bits per heavy atom. The Labute approximate surface area is 74.6 Å². The molecule has 64 valence electrons. The molecule has 0 aromatic heterocycles. The fourth-order valence-electron chi connectivity index (χ4n) is 1.59. The van der Waals surface area contributed by atoms with Gasteiger partial charge in [0.05, 0.1) is 12.0 Å². The van der Waals surface area contributed by atoms with Crippen LogP contribution >= 0.6 is 0 Å². The van der Waals surface area contributed by atoms with Crippen LogP contribution in [-0.2, 0) is 0 Å². The predicted molar refractivity (Wildman–Crippen MR) is 43.7 cm³/mol. The van der Waals surface area contributed by atoms with Gasteiger partial charge < -0.3 is 0 Å². The Morgan fingerprint density at radius 2 is 2.31 bits per heavy atom. The Bertz CT molecular complexity index is 419. The second-order valence-corrected chi connectivity index (χ2v) is 3.04. The molecule has 0 aliphatic heterocycles. The number of hydrogen-bond acceptors (Lipinski definition) is 2. The van der Waals surface area contributed by atoms with E-state index >= 15 is 0 Å². The first-order chi connectivity index (χ1) is 6.22. The Balaban J connectivity index is 2.60. The summed E-state index contributed by atoms with van der Waals surface area (Å²) in [5.41, 5.74) is 1.03. The molecule has 0 bridgehead atoms. The van der Waals surface area contributed by atoms with E-state index in [4.69, 9.17) is 5.26 Å². The molecule has 1 unspecified atom stereocenters. The van der Waals surface area contributed by atoms with Crippen molar-refractivity contribution in [1.29, 1.82) is 5.26 Å². The lowest BCUT2D eigenvalue weighted by Crippen LogP contribution is -1.91. The van der Waals surface area contributed by atoms with Crippen molar-refractivity contribution in [3.63, 3.8) is 0 Å². The maximum atomic E-state index is 12.7. The van der Waals surface area contributed by atoms with Crippen LogP contribution in [0.15, 0.2) is 18.2 Å². The summed E-state index contributed by atoms with van der Waals surface area (Å²) in [4.78, 5) is 11.3. The molecule has 1 aliphatic carbocycles. The standard InChI is InChI=1S/C10H6FNO/c11-7-1-2-8-6(5-12)3-10(13)9(8)4-7/h1-2,4,6H,3H2. The third kappa shape index (κ3) is 1.11. The van der Waals surface area contributed by atoms with E-state index in [0.29, 0.717) is 11.1 Å². The number of rotatable bonds is 0. The molecule has 2 rings (SSSR count). The molecule has 3 heteroatoms. The summed E-state index contributed by atoms with van der Waals surface area (Å²) in [7, 11) is 0. The SMILES string of the molecule is N#CC1CC(=O)c2cc(F)ccc21. The highest BCUT2D eigenvalue weighted by molar-refractivity contribution is 6.01. The fraction of sp³-hybridized carbons (Fsp3) is 0.200. The van der Waals surface area contributed by atoms with Crippen molar-refractivity contribution in [3.8, 4) is 6.07 Å². The van der Waals surface area contributed by atoms with Gasteiger partial charge in [0.1, 0.15) is 5.82 Å². The first-order valence-electron chi connectivity index (χ1n) is 3.94. The highest BCUT2D eigenvalue weighted by Gasteiger charge is 2.29. The lowest BCUT2D eigenvalue weighted by molar-refractivity contribution is 0.0992. The maximum Gasteiger partial charge on any atom is 0.164 e. The van der Waals surface area contributed by atoms with Gasteiger partial charge in [0.15, 0.2) is 5.78 Å². The molecule has 0 radical (unpaired) electrons. The average molecular weight is 175 g/mol. The zero-order valence-corrected chi connectivity index (χ0v) is 6.75. The van der Waals surface area contributed by atoms with Crippen LogP contribution in [0.4, 0.5) is 4.39 Å². The first kappa shape index (κ1) is 7.93. The summed E-state index contributed by atoms with van der Waals surface area (Å²) in [5.74, 6) is -0.949. The minimum atomic E-state index is -0.425. The number of fused-ring (bicyclic) bond motifs is 1. The molecule has 1 atom stereocenters. The summed E-state index contributed by atoms with van der Waals surface area (Å²) in [6.45, 7) is 0. The Morgan fingerprint density at radius 3 is 3.00 bits per heavy atom. The van der Waals surface area contributed by atoms with Crippen molar-refractivity contribution in [2.75, 3.05) is 0 Å². The van der Waals surface area contributed by atoms with Crippen molar-refractivity contribution >= 4 is 5.78 Å². The smallest absolute Gasteiger partial charge is 0.164 e. The van der Waals surface area contributed by atoms with E-state index in [2.05, 4.69) is 0 Å². The largest absolute Gasteiger partial charge is 0.294 e. The van der Waals surface area contributed by atoms with Gasteiger partial charge >= 0.3 is 0 Å². The van der Waals surface area contributed by atoms with Crippen LogP contribution in [-0.4, -0.2) is 5.78 Å². The first-order valence-corrected chi connectivity index (χ1v) is 3.94. The van der Waals surface area contributed by atoms with Crippen LogP contribution in [0.5, 0.6) is 0 Å². The lowest BCUT2D eigenvalue weighted by atomic mass is 10.0. The van der Waals surface area contributed by atoms with Gasteiger partial charge in [-0.1, -0.05) is 6.07 Å². The predicted octanol–water partition coefficient (Wildman–Crippen LogP) is 2.02. The normalized spacial score (nSPS) is 19.7. The molecule has 0 saturated heterocycles. The van der Waals surface area contributed by atoms with Crippen molar-refractivity contribution in [2.24, 2.45) is 0 Å². The Hall–Kier alpha value is -1.69. The van der Waals surface area contributed by atoms with Gasteiger partial charge in [-0.2, -0.15) is 5.26 Å². The fourth-order valence-corrected chi connectivity index (χ4v) is 1.59. The van der Waals surface area contributed by atoms with E-state index in [1.165, 1.54) is 18.2 Å². The molecule has 1 aromatic carbocycles. The minimum absolute atomic E-state index is 0.138. The van der Waals surface area contributed by atoms with Gasteiger partial charge in [0.2, 0.25) is 0 Å². The number of Topliss-reactive ketones (excluding diaryl/α,β-unsaturated/α-hetero) is 1. The van der Waals surface area contributed by atoms with Crippen LogP contribution in [0, 0.1) is 17.1 Å². The van der Waals surface area contributed by atoms with Gasteiger partial charge in [-0.05, 0) is 17.7 Å². The number of nitrogens with zero attached hydrogens (tertiary/aromatic N) is 1. The summed E-state index contributed by atoms with van der Waals surface area (Å²) >= 11 is 0. The maximum absolute atomic E-state index is 12.7. The van der Waals surface area contributed by atoms with Gasteiger partial charge in [0.25, 0.3) is 0 Å². The van der Waals surface area contributed by atoms with Crippen molar-refractivity contribution in [2.45, 2.75) is 12.3 Å². The molecular formula is C10H6FNO. The quantitative estimate of drug-likeness (QED) is 0.605. The van der Waals surface area contributed by atoms with E-state index in [0.717, 1.165) is 0 Å². The molecule has 13 heavy (non-hydrogen) atoms. The van der Waals surface area contributed by atoms with Gasteiger partial charge in [-0.15, -0.1) is 0 Å². The zero-order valence-electron chi connectivity index (χ0n) is 6.75. The molecule has 2 nitrogen and oxygen atoms in total. The second-order valence-electron chi connectivity index (χ2n) is 3.04. The van der Waals surface area contributed by atoms with Crippen LogP contribution in [0.3, 0.4) is 0 Å². The lowest BCUT2D eigenvalue weighted by Gasteiger charge is -1.98. The van der Waals surface area contributed by atoms with E-state index in [9.17, 15) is 9.18 Å². The van der Waals surface area contributed by atoms with Crippen LogP contribution in [0.1, 0.15) is 28.3 Å². The number of ketones is 1. The van der Waals surface area contributed by atoms with Gasteiger partial charge in [-0.25, -0.2) is 4.39 Å². The highest BCUT2D eigenvalue weighted by Crippen LogP contribution is 2.32. The van der Waals surface area contributed by atoms with E-state index in [-0.39, 0.29) is 18.1 Å². The second kappa shape index (κ2) is 2.67. The van der Waals surface area contributed by atoms with Crippen molar-refractivity contribution in [3.05, 3.63) is 35.1 Å². The third-order valence-electron chi connectivity index (χ3n) is 2.24. The van der Waals surface area contributed by atoms with Crippen LogP contribution < -0.4 is 0 Å². The van der Waals surface area contributed by atoms with Crippen molar-refractivity contribution < 1.29 is 9.18 Å². The van der Waals surface area contributed by atoms with Gasteiger partial charge in [-0.3, -0.25) is 4.79 Å².